The molecule has 0 saturated heterocycles. The Balaban J connectivity index is 1.83. The van der Waals surface area contributed by atoms with Crippen LogP contribution in [0.4, 0.5) is 5.69 Å². The SMILES string of the molecule is CCc1nc2ccc(Br)cc2c(=O)n1N=Cc1cc(C)n(-c2ccc(OC)cc2[N+](=O)[O-])c1C. The second kappa shape index (κ2) is 9.22. The predicted molar refractivity (Wildman–Crippen MR) is 135 cm³/mol. The fourth-order valence-corrected chi connectivity index (χ4v) is 4.28. The van der Waals surface area contributed by atoms with E-state index in [0.717, 1.165) is 21.4 Å². The van der Waals surface area contributed by atoms with Crippen molar-refractivity contribution in [3.05, 3.63) is 90.2 Å². The van der Waals surface area contributed by atoms with Crippen LogP contribution in [0.15, 0.2) is 56.8 Å². The van der Waals surface area contributed by atoms with Crippen LogP contribution in [-0.4, -0.2) is 32.5 Å². The first-order valence-electron chi connectivity index (χ1n) is 10.5. The highest BCUT2D eigenvalue weighted by molar-refractivity contribution is 9.10. The maximum absolute atomic E-state index is 13.1. The van der Waals surface area contributed by atoms with E-state index >= 15 is 0 Å². The van der Waals surface area contributed by atoms with Gasteiger partial charge < -0.3 is 9.30 Å². The lowest BCUT2D eigenvalue weighted by atomic mass is 10.2. The molecule has 9 nitrogen and oxygen atoms in total. The molecule has 0 bridgehead atoms. The van der Waals surface area contributed by atoms with E-state index in [1.165, 1.54) is 17.9 Å². The minimum atomic E-state index is -0.434. The van der Waals surface area contributed by atoms with Crippen molar-refractivity contribution in [2.45, 2.75) is 27.2 Å². The van der Waals surface area contributed by atoms with Gasteiger partial charge in [0.05, 0.1) is 35.2 Å². The van der Waals surface area contributed by atoms with Crippen molar-refractivity contribution < 1.29 is 9.66 Å². The molecule has 0 aliphatic heterocycles. The van der Waals surface area contributed by atoms with Crippen LogP contribution in [-0.2, 0) is 6.42 Å². The number of aromatic nitrogens is 3. The highest BCUT2D eigenvalue weighted by Crippen LogP contribution is 2.31. The van der Waals surface area contributed by atoms with Crippen LogP contribution in [0.5, 0.6) is 5.75 Å². The molecular weight excluding hydrogens is 502 g/mol. The van der Waals surface area contributed by atoms with Crippen LogP contribution in [0, 0.1) is 24.0 Å². The van der Waals surface area contributed by atoms with Crippen LogP contribution in [0.25, 0.3) is 16.6 Å². The molecule has 174 valence electrons. The zero-order valence-electron chi connectivity index (χ0n) is 19.1. The molecule has 2 aromatic carbocycles. The van der Waals surface area contributed by atoms with Crippen LogP contribution in [0.1, 0.15) is 29.7 Å². The number of nitro groups is 1. The third kappa shape index (κ3) is 4.12. The third-order valence-electron chi connectivity index (χ3n) is 5.59. The maximum atomic E-state index is 13.1. The molecule has 0 amide bonds. The Morgan fingerprint density at radius 3 is 2.65 bits per heavy atom. The van der Waals surface area contributed by atoms with Gasteiger partial charge in [0.1, 0.15) is 17.3 Å². The molecule has 0 aliphatic carbocycles. The zero-order valence-corrected chi connectivity index (χ0v) is 20.7. The van der Waals surface area contributed by atoms with E-state index < -0.39 is 4.92 Å². The van der Waals surface area contributed by atoms with E-state index in [9.17, 15) is 14.9 Å². The standard InChI is InChI=1S/C24H22BrN5O4/c1-5-23-27-20-8-6-17(25)11-19(20)24(31)29(23)26-13-16-10-14(2)28(15(16)3)21-9-7-18(34-4)12-22(21)30(32)33/h6-13H,5H2,1-4H3. The molecule has 2 aromatic heterocycles. The summed E-state index contributed by atoms with van der Waals surface area (Å²) in [6.45, 7) is 5.62. The van der Waals surface area contributed by atoms with Crippen LogP contribution in [0.2, 0.25) is 0 Å². The normalized spacial score (nSPS) is 11.4. The molecule has 0 fully saturated rings. The van der Waals surface area contributed by atoms with Crippen LogP contribution in [0.3, 0.4) is 0 Å². The van der Waals surface area contributed by atoms with Crippen LogP contribution >= 0.6 is 15.9 Å². The predicted octanol–water partition coefficient (Wildman–Crippen LogP) is 4.93. The first kappa shape index (κ1) is 23.4. The number of ether oxygens (including phenoxy) is 1. The smallest absolute Gasteiger partial charge is 0.296 e. The lowest BCUT2D eigenvalue weighted by molar-refractivity contribution is -0.384. The van der Waals surface area contributed by atoms with Crippen molar-refractivity contribution in [2.24, 2.45) is 5.10 Å². The monoisotopic (exact) mass is 523 g/mol. The Hall–Kier alpha value is -3.79. The molecule has 4 aromatic rings. The van der Waals surface area contributed by atoms with Crippen molar-refractivity contribution in [2.75, 3.05) is 7.11 Å². The Morgan fingerprint density at radius 1 is 1.21 bits per heavy atom. The molecule has 0 N–H and O–H groups in total. The molecule has 0 aliphatic rings. The van der Waals surface area contributed by atoms with Crippen LogP contribution < -0.4 is 10.3 Å². The van der Waals surface area contributed by atoms with E-state index in [4.69, 9.17) is 4.74 Å². The highest BCUT2D eigenvalue weighted by atomic mass is 79.9. The van der Waals surface area contributed by atoms with Gasteiger partial charge in [0.15, 0.2) is 0 Å². The summed E-state index contributed by atoms with van der Waals surface area (Å²) in [6, 6.07) is 12.0. The first-order valence-corrected chi connectivity index (χ1v) is 11.3. The second-order valence-electron chi connectivity index (χ2n) is 7.68. The van der Waals surface area contributed by atoms with Gasteiger partial charge in [0.2, 0.25) is 0 Å². The summed E-state index contributed by atoms with van der Waals surface area (Å²) in [6.07, 6.45) is 2.11. The molecule has 0 spiro atoms. The number of halogens is 1. The zero-order chi connectivity index (χ0) is 24.6. The molecule has 0 radical (unpaired) electrons. The largest absolute Gasteiger partial charge is 0.496 e. The number of fused-ring (bicyclic) bond motifs is 1. The van der Waals surface area contributed by atoms with Gasteiger partial charge in [-0.1, -0.05) is 22.9 Å². The van der Waals surface area contributed by atoms with E-state index in [1.807, 2.05) is 32.9 Å². The fraction of sp³-hybridized carbons (Fsp3) is 0.208. The molecule has 2 heterocycles. The lowest BCUT2D eigenvalue weighted by Crippen LogP contribution is -2.22. The van der Waals surface area contributed by atoms with Gasteiger partial charge in [-0.25, -0.2) is 4.98 Å². The quantitative estimate of drug-likeness (QED) is 0.202. The van der Waals surface area contributed by atoms with Gasteiger partial charge in [-0.15, -0.1) is 0 Å². The third-order valence-corrected chi connectivity index (χ3v) is 6.09. The fourth-order valence-electron chi connectivity index (χ4n) is 3.92. The van der Waals surface area contributed by atoms with E-state index in [0.29, 0.717) is 34.6 Å². The average molecular weight is 524 g/mol. The van der Waals surface area contributed by atoms with Crippen molar-refractivity contribution in [1.82, 2.24) is 14.2 Å². The summed E-state index contributed by atoms with van der Waals surface area (Å²) in [4.78, 5) is 29.0. The summed E-state index contributed by atoms with van der Waals surface area (Å²) < 4.78 is 9.02. The summed E-state index contributed by atoms with van der Waals surface area (Å²) in [5.41, 5.74) is 2.96. The maximum Gasteiger partial charge on any atom is 0.296 e. The molecule has 0 saturated carbocycles. The van der Waals surface area contributed by atoms with Crippen molar-refractivity contribution in [3.63, 3.8) is 0 Å². The lowest BCUT2D eigenvalue weighted by Gasteiger charge is -2.11. The minimum Gasteiger partial charge on any atom is -0.496 e. The Kier molecular flexibility index (Phi) is 6.34. The second-order valence-corrected chi connectivity index (χ2v) is 8.59. The molecule has 4 rings (SSSR count). The number of hydrogen-bond acceptors (Lipinski definition) is 6. The molecule has 34 heavy (non-hydrogen) atoms. The Morgan fingerprint density at radius 2 is 1.97 bits per heavy atom. The summed E-state index contributed by atoms with van der Waals surface area (Å²) in [7, 11) is 1.46. The summed E-state index contributed by atoms with van der Waals surface area (Å²) in [5.74, 6) is 0.942. The highest BCUT2D eigenvalue weighted by Gasteiger charge is 2.20. The number of methoxy groups -OCH3 is 1. The number of hydrogen-bond donors (Lipinski definition) is 0. The number of rotatable bonds is 6. The van der Waals surface area contributed by atoms with Crippen molar-refractivity contribution in [3.8, 4) is 11.4 Å². The van der Waals surface area contributed by atoms with Gasteiger partial charge in [0, 0.05) is 27.8 Å². The van der Waals surface area contributed by atoms with Gasteiger partial charge in [0.25, 0.3) is 11.2 Å². The summed E-state index contributed by atoms with van der Waals surface area (Å²) >= 11 is 3.40. The Bertz CT molecular complexity index is 1520. The number of nitro benzene ring substituents is 1. The molecule has 0 atom stereocenters. The number of benzene rings is 2. The molecule has 10 heteroatoms. The van der Waals surface area contributed by atoms with Gasteiger partial charge in [-0.3, -0.25) is 14.9 Å². The molecule has 0 unspecified atom stereocenters. The van der Waals surface area contributed by atoms with Crippen molar-refractivity contribution >= 4 is 38.7 Å². The van der Waals surface area contributed by atoms with Gasteiger partial charge in [-0.2, -0.15) is 9.78 Å². The number of aryl methyl sites for hydroxylation is 2. The minimum absolute atomic E-state index is 0.0709. The number of nitrogens with zero attached hydrogens (tertiary/aromatic N) is 5. The van der Waals surface area contributed by atoms with Gasteiger partial charge >= 0.3 is 0 Å². The van der Waals surface area contributed by atoms with E-state index in [1.54, 1.807) is 35.0 Å². The van der Waals surface area contributed by atoms with E-state index in [2.05, 4.69) is 26.0 Å². The van der Waals surface area contributed by atoms with Gasteiger partial charge in [-0.05, 0) is 50.2 Å². The van der Waals surface area contributed by atoms with E-state index in [-0.39, 0.29) is 11.2 Å². The average Bonchev–Trinajstić information content (AvgIpc) is 3.10. The Labute approximate surface area is 203 Å². The summed E-state index contributed by atoms with van der Waals surface area (Å²) in [5, 5.41) is 16.6. The topological polar surface area (TPSA) is 105 Å². The first-order chi connectivity index (χ1) is 16.2. The molecular formula is C24H22BrN5O4. The van der Waals surface area contributed by atoms with Crippen molar-refractivity contribution in [1.29, 1.82) is 0 Å².